The van der Waals surface area contributed by atoms with Crippen LogP contribution in [0.2, 0.25) is 0 Å². The van der Waals surface area contributed by atoms with Crippen LogP contribution in [-0.4, -0.2) is 55.9 Å². The minimum atomic E-state index is -3.21. The van der Waals surface area contributed by atoms with Crippen LogP contribution in [0, 0.1) is 12.7 Å². The normalized spacial score (nSPS) is 13.0. The number of H-pyrrole nitrogens is 1. The van der Waals surface area contributed by atoms with E-state index in [2.05, 4.69) is 31.0 Å². The summed E-state index contributed by atoms with van der Waals surface area (Å²) in [6, 6.07) is 1.01. The Hall–Kier alpha value is -4.17. The maximum atomic E-state index is 14.5. The molecule has 10 nitrogen and oxygen atoms in total. The molecule has 1 aliphatic heterocycles. The third-order valence-corrected chi connectivity index (χ3v) is 6.73. The average Bonchev–Trinajstić information content (AvgIpc) is 3.63. The van der Waals surface area contributed by atoms with Gasteiger partial charge in [0.2, 0.25) is 0 Å². The molecule has 0 radical (unpaired) electrons. The smallest absolute Gasteiger partial charge is 0.293 e. The van der Waals surface area contributed by atoms with Gasteiger partial charge in [-0.1, -0.05) is 5.21 Å². The first kappa shape index (κ1) is 27.9. The Morgan fingerprint density at radius 1 is 1.21 bits per heavy atom. The minimum absolute atomic E-state index is 0.0420. The molecule has 3 N–H and O–H groups in total. The average molecular weight is 553 g/mol. The van der Waals surface area contributed by atoms with Crippen LogP contribution < -0.4 is 10.6 Å². The van der Waals surface area contributed by atoms with Gasteiger partial charge in [-0.2, -0.15) is 0 Å². The first-order chi connectivity index (χ1) is 18.6. The molecule has 0 fully saturated rings. The topological polar surface area (TPSA) is 135 Å². The van der Waals surface area contributed by atoms with E-state index >= 15 is 0 Å². The highest BCUT2D eigenvalue weighted by Crippen LogP contribution is 2.32. The van der Waals surface area contributed by atoms with Crippen molar-refractivity contribution in [1.29, 1.82) is 0 Å². The van der Waals surface area contributed by atoms with E-state index in [-0.39, 0.29) is 35.4 Å². The summed E-state index contributed by atoms with van der Waals surface area (Å²) < 4.78 is 69.0. The van der Waals surface area contributed by atoms with Crippen molar-refractivity contribution in [2.45, 2.75) is 51.1 Å². The maximum absolute atomic E-state index is 14.5. The number of Topliss-reactive ketones (excluding diaryl/α,β-unsaturated/α-hetero) is 1. The Labute approximate surface area is 218 Å². The highest BCUT2D eigenvalue weighted by molar-refractivity contribution is 6.43. The molecule has 0 atom stereocenters. The molecule has 0 saturated carbocycles. The fraction of sp³-hybridized carbons (Fsp3) is 0.417. The lowest BCUT2D eigenvalue weighted by Gasteiger charge is -2.31. The molecule has 2 amide bonds. The van der Waals surface area contributed by atoms with Gasteiger partial charge in [0.15, 0.2) is 5.82 Å². The van der Waals surface area contributed by atoms with Gasteiger partial charge in [-0.05, 0) is 31.4 Å². The first-order valence-electron chi connectivity index (χ1n) is 12.0. The van der Waals surface area contributed by atoms with Crippen LogP contribution in [-0.2, 0) is 23.3 Å². The molecule has 0 aromatic carbocycles. The van der Waals surface area contributed by atoms with E-state index in [1.54, 1.807) is 0 Å². The van der Waals surface area contributed by atoms with Crippen LogP contribution in [0.15, 0.2) is 18.5 Å². The van der Waals surface area contributed by atoms with Crippen LogP contribution in [0.1, 0.15) is 69.2 Å². The summed E-state index contributed by atoms with van der Waals surface area (Å²) in [6.45, 7) is -0.181. The number of hydrogen-bond acceptors (Lipinski definition) is 6. The van der Waals surface area contributed by atoms with Gasteiger partial charge in [0, 0.05) is 37.5 Å². The second-order valence-electron chi connectivity index (χ2n) is 8.97. The van der Waals surface area contributed by atoms with Crippen LogP contribution in [0.4, 0.5) is 27.6 Å². The fourth-order valence-electron chi connectivity index (χ4n) is 4.92. The number of anilines is 1. The molecule has 15 heteroatoms. The van der Waals surface area contributed by atoms with Gasteiger partial charge in [0.05, 0.1) is 30.1 Å². The Bertz CT molecular complexity index is 1390. The maximum Gasteiger partial charge on any atom is 0.293 e. The van der Waals surface area contributed by atoms with E-state index in [9.17, 15) is 36.3 Å². The van der Waals surface area contributed by atoms with Gasteiger partial charge in [-0.25, -0.2) is 13.2 Å². The molecule has 4 heterocycles. The molecule has 4 rings (SSSR count). The second kappa shape index (κ2) is 11.3. The number of nitrogens with one attached hydrogen (secondary N) is 3. The number of carbonyl (C=O) groups excluding carboxylic acids is 3. The zero-order valence-electron chi connectivity index (χ0n) is 20.7. The van der Waals surface area contributed by atoms with E-state index in [0.29, 0.717) is 25.1 Å². The number of pyridine rings is 1. The molecule has 0 bridgehead atoms. The molecule has 0 saturated heterocycles. The number of ketones is 1. The van der Waals surface area contributed by atoms with Gasteiger partial charge < -0.3 is 15.2 Å². The zero-order chi connectivity index (χ0) is 28.3. The molecule has 0 spiro atoms. The largest absolute Gasteiger partial charge is 0.340 e. The van der Waals surface area contributed by atoms with E-state index in [0.717, 1.165) is 12.3 Å². The lowest BCUT2D eigenvalue weighted by atomic mass is 9.88. The summed E-state index contributed by atoms with van der Waals surface area (Å²) in [5.41, 5.74) is -2.91. The summed E-state index contributed by atoms with van der Waals surface area (Å²) in [5, 5.41) is 14.4. The van der Waals surface area contributed by atoms with Crippen molar-refractivity contribution in [3.63, 3.8) is 0 Å². The predicted molar refractivity (Wildman–Crippen MR) is 126 cm³/mol. The molecule has 39 heavy (non-hydrogen) atoms. The van der Waals surface area contributed by atoms with Gasteiger partial charge in [-0.3, -0.25) is 33.2 Å². The molecule has 3 aromatic heterocycles. The lowest BCUT2D eigenvalue weighted by Crippen LogP contribution is -2.49. The molecule has 0 unspecified atom stereocenters. The number of rotatable bonds is 11. The number of nitrogens with zero attached hydrogens (tertiary/aromatic N) is 4. The third kappa shape index (κ3) is 5.12. The summed E-state index contributed by atoms with van der Waals surface area (Å²) in [4.78, 5) is 43.0. The van der Waals surface area contributed by atoms with Crippen molar-refractivity contribution in [3.05, 3.63) is 58.2 Å². The molecule has 3 aromatic rings. The quantitative estimate of drug-likeness (QED) is 0.189. The number of aromatic amines is 1. The molecule has 1 aliphatic rings. The summed E-state index contributed by atoms with van der Waals surface area (Å²) in [6.07, 6.45) is -0.901. The Kier molecular flexibility index (Phi) is 8.06. The van der Waals surface area contributed by atoms with Crippen molar-refractivity contribution in [1.82, 2.24) is 30.3 Å². The number of fused-ring (bicyclic) bond motifs is 1. The van der Waals surface area contributed by atoms with Crippen LogP contribution in [0.25, 0.3) is 0 Å². The summed E-state index contributed by atoms with van der Waals surface area (Å²) in [7, 11) is 0. The van der Waals surface area contributed by atoms with Gasteiger partial charge in [-0.15, -0.1) is 5.10 Å². The lowest BCUT2D eigenvalue weighted by molar-refractivity contribution is -0.119. The number of alkyl halides is 4. The van der Waals surface area contributed by atoms with Crippen molar-refractivity contribution in [2.24, 2.45) is 0 Å². The first-order valence-corrected chi connectivity index (χ1v) is 12.0. The van der Waals surface area contributed by atoms with E-state index in [1.165, 1.54) is 17.7 Å². The van der Waals surface area contributed by atoms with E-state index in [4.69, 9.17) is 0 Å². The summed E-state index contributed by atoms with van der Waals surface area (Å²) in [5.74, 6) is -4.49. The van der Waals surface area contributed by atoms with Crippen molar-refractivity contribution in [2.75, 3.05) is 18.7 Å². The number of carbonyl (C=O) groups is 3. The highest BCUT2D eigenvalue weighted by Gasteiger charge is 2.40. The predicted octanol–water partition coefficient (Wildman–Crippen LogP) is 3.50. The van der Waals surface area contributed by atoms with Crippen LogP contribution in [0.5, 0.6) is 0 Å². The highest BCUT2D eigenvalue weighted by atomic mass is 19.3. The fourth-order valence-corrected chi connectivity index (χ4v) is 4.92. The molecular weight excluding hydrogens is 529 g/mol. The standard InChI is InChI=1S/C24H24F5N7O3/c1-12-16(20(37)23(39)33-24(5-7-25,6-8-26)15-11-31-35-34-15)14-3-2-10-36(14)19(12)22(38)32-13-4-9-30-18(17(13)27)21(28)29/h4,9,11,21H,2-3,5-8,10H2,1H3,(H,33,39)(H,30,32,38)(H,31,34,35). The molecule has 0 aliphatic carbocycles. The number of hydrogen-bond donors (Lipinski definition) is 3. The SMILES string of the molecule is Cc1c(C(=O)C(=O)NC(CCF)(CCF)c2c[nH]nn2)c2n(c1C(=O)Nc1ccnc(C(F)F)c1F)CCC2. The van der Waals surface area contributed by atoms with Crippen molar-refractivity contribution >= 4 is 23.3 Å². The number of amides is 2. The Balaban J connectivity index is 1.67. The second-order valence-corrected chi connectivity index (χ2v) is 8.97. The Morgan fingerprint density at radius 3 is 2.54 bits per heavy atom. The number of halogens is 5. The molecular formula is C24H24F5N7O3. The van der Waals surface area contributed by atoms with Gasteiger partial charge in [0.1, 0.15) is 17.1 Å². The Morgan fingerprint density at radius 2 is 1.92 bits per heavy atom. The van der Waals surface area contributed by atoms with E-state index in [1.807, 2.05) is 0 Å². The zero-order valence-corrected chi connectivity index (χ0v) is 20.7. The van der Waals surface area contributed by atoms with E-state index < -0.39 is 60.1 Å². The van der Waals surface area contributed by atoms with Crippen molar-refractivity contribution in [3.8, 4) is 0 Å². The van der Waals surface area contributed by atoms with Crippen LogP contribution in [0.3, 0.4) is 0 Å². The van der Waals surface area contributed by atoms with Gasteiger partial charge >= 0.3 is 0 Å². The number of aromatic nitrogens is 5. The van der Waals surface area contributed by atoms with Crippen LogP contribution >= 0.6 is 0 Å². The summed E-state index contributed by atoms with van der Waals surface area (Å²) >= 11 is 0. The third-order valence-electron chi connectivity index (χ3n) is 6.73. The van der Waals surface area contributed by atoms with Crippen molar-refractivity contribution < 1.29 is 36.3 Å². The minimum Gasteiger partial charge on any atom is -0.340 e. The molecule has 208 valence electrons. The van der Waals surface area contributed by atoms with Gasteiger partial charge in [0.25, 0.3) is 24.0 Å². The monoisotopic (exact) mass is 553 g/mol.